The molecular formula is C14H17NS2. The van der Waals surface area contributed by atoms with Crippen LogP contribution in [0, 0.1) is 6.92 Å². The van der Waals surface area contributed by atoms with Gasteiger partial charge in [-0.15, -0.1) is 23.1 Å². The topological polar surface area (TPSA) is 26.0 Å². The molecule has 0 aliphatic heterocycles. The summed E-state index contributed by atoms with van der Waals surface area (Å²) >= 11 is 3.63. The second-order valence-corrected chi connectivity index (χ2v) is 6.63. The van der Waals surface area contributed by atoms with Crippen molar-refractivity contribution in [2.75, 3.05) is 0 Å². The van der Waals surface area contributed by atoms with E-state index in [1.54, 1.807) is 11.3 Å². The van der Waals surface area contributed by atoms with Crippen molar-refractivity contribution >= 4 is 23.1 Å². The number of rotatable bonds is 4. The van der Waals surface area contributed by atoms with E-state index in [2.05, 4.69) is 55.6 Å². The average molecular weight is 263 g/mol. The first kappa shape index (κ1) is 12.7. The molecular weight excluding hydrogens is 246 g/mol. The largest absolute Gasteiger partial charge is 0.327 e. The molecule has 2 N–H and O–H groups in total. The Labute approximate surface area is 111 Å². The second kappa shape index (κ2) is 5.71. The van der Waals surface area contributed by atoms with E-state index >= 15 is 0 Å². The van der Waals surface area contributed by atoms with E-state index in [4.69, 9.17) is 5.73 Å². The Morgan fingerprint density at radius 2 is 2.06 bits per heavy atom. The van der Waals surface area contributed by atoms with E-state index in [9.17, 15) is 0 Å². The monoisotopic (exact) mass is 263 g/mol. The van der Waals surface area contributed by atoms with Gasteiger partial charge in [0.25, 0.3) is 0 Å². The van der Waals surface area contributed by atoms with E-state index in [0.717, 1.165) is 0 Å². The van der Waals surface area contributed by atoms with Crippen LogP contribution in [0.2, 0.25) is 0 Å². The third kappa shape index (κ3) is 3.35. The van der Waals surface area contributed by atoms with Gasteiger partial charge >= 0.3 is 0 Å². The molecule has 1 heterocycles. The molecule has 17 heavy (non-hydrogen) atoms. The Hall–Kier alpha value is -0.770. The number of hydrogen-bond donors (Lipinski definition) is 1. The quantitative estimate of drug-likeness (QED) is 0.835. The number of aryl methyl sites for hydroxylation is 1. The summed E-state index contributed by atoms with van der Waals surface area (Å²) in [6, 6.07) is 13.0. The highest BCUT2D eigenvalue weighted by Crippen LogP contribution is 2.39. The highest BCUT2D eigenvalue weighted by atomic mass is 32.2. The van der Waals surface area contributed by atoms with Crippen LogP contribution in [0.4, 0.5) is 0 Å². The van der Waals surface area contributed by atoms with Gasteiger partial charge in [-0.05, 0) is 30.9 Å². The van der Waals surface area contributed by atoms with Crippen LogP contribution in [-0.4, -0.2) is 6.04 Å². The van der Waals surface area contributed by atoms with Gasteiger partial charge in [-0.3, -0.25) is 0 Å². The van der Waals surface area contributed by atoms with Gasteiger partial charge in [0.1, 0.15) is 0 Å². The van der Waals surface area contributed by atoms with Gasteiger partial charge in [-0.1, -0.05) is 35.9 Å². The average Bonchev–Trinajstić information content (AvgIpc) is 2.78. The van der Waals surface area contributed by atoms with Crippen molar-refractivity contribution in [1.82, 2.24) is 0 Å². The lowest BCUT2D eigenvalue weighted by molar-refractivity contribution is 0.721. The molecule has 1 nitrogen and oxygen atoms in total. The molecule has 0 saturated carbocycles. The molecule has 2 rings (SSSR count). The Morgan fingerprint density at radius 1 is 1.24 bits per heavy atom. The van der Waals surface area contributed by atoms with Gasteiger partial charge in [0.2, 0.25) is 0 Å². The fraction of sp³-hybridized carbons (Fsp3) is 0.286. The van der Waals surface area contributed by atoms with Crippen molar-refractivity contribution in [3.8, 4) is 0 Å². The predicted molar refractivity (Wildman–Crippen MR) is 77.7 cm³/mol. The molecule has 1 aromatic heterocycles. The summed E-state index contributed by atoms with van der Waals surface area (Å²) in [6.07, 6.45) is 0. The van der Waals surface area contributed by atoms with Crippen molar-refractivity contribution in [1.29, 1.82) is 0 Å². The molecule has 2 unspecified atom stereocenters. The van der Waals surface area contributed by atoms with Crippen LogP contribution in [0.3, 0.4) is 0 Å². The van der Waals surface area contributed by atoms with E-state index in [0.29, 0.717) is 5.25 Å². The summed E-state index contributed by atoms with van der Waals surface area (Å²) in [4.78, 5) is 0. The Balaban J connectivity index is 2.23. The smallest absolute Gasteiger partial charge is 0.0605 e. The van der Waals surface area contributed by atoms with Crippen LogP contribution in [0.5, 0.6) is 0 Å². The standard InChI is InChI=1S/C14H17NS2/c1-10-5-3-6-12(9-10)14(11(2)15)17-13-7-4-8-16-13/h3-9,11,14H,15H2,1-2H3. The lowest BCUT2D eigenvalue weighted by Crippen LogP contribution is -2.22. The maximum absolute atomic E-state index is 6.12. The van der Waals surface area contributed by atoms with Gasteiger partial charge in [-0.2, -0.15) is 0 Å². The third-order valence-electron chi connectivity index (χ3n) is 2.59. The first-order valence-corrected chi connectivity index (χ1v) is 7.45. The molecule has 0 spiro atoms. The SMILES string of the molecule is Cc1cccc(C(Sc2cccs2)C(C)N)c1. The molecule has 0 bridgehead atoms. The first-order valence-electron chi connectivity index (χ1n) is 5.69. The van der Waals surface area contributed by atoms with E-state index in [-0.39, 0.29) is 6.04 Å². The number of thiophene rings is 1. The van der Waals surface area contributed by atoms with Crippen molar-refractivity contribution < 1.29 is 0 Å². The first-order chi connectivity index (χ1) is 8.16. The molecule has 3 heteroatoms. The molecule has 0 aliphatic rings. The van der Waals surface area contributed by atoms with E-state index in [1.807, 2.05) is 11.8 Å². The lowest BCUT2D eigenvalue weighted by Gasteiger charge is -2.20. The molecule has 2 atom stereocenters. The van der Waals surface area contributed by atoms with Gasteiger partial charge in [0.05, 0.1) is 9.46 Å². The normalized spacial score (nSPS) is 14.5. The molecule has 0 fully saturated rings. The highest BCUT2D eigenvalue weighted by molar-refractivity contribution is 8.01. The summed E-state index contributed by atoms with van der Waals surface area (Å²) in [7, 11) is 0. The number of benzene rings is 1. The maximum atomic E-state index is 6.12. The van der Waals surface area contributed by atoms with Gasteiger partial charge < -0.3 is 5.73 Å². The van der Waals surface area contributed by atoms with Crippen LogP contribution < -0.4 is 5.73 Å². The maximum Gasteiger partial charge on any atom is 0.0605 e. The Morgan fingerprint density at radius 3 is 2.65 bits per heavy atom. The zero-order valence-electron chi connectivity index (χ0n) is 10.1. The minimum Gasteiger partial charge on any atom is -0.327 e. The molecule has 1 aromatic carbocycles. The molecule has 90 valence electrons. The lowest BCUT2D eigenvalue weighted by atomic mass is 10.0. The zero-order valence-corrected chi connectivity index (χ0v) is 11.7. The van der Waals surface area contributed by atoms with Crippen LogP contribution >= 0.6 is 23.1 Å². The van der Waals surface area contributed by atoms with Crippen molar-refractivity contribution in [3.05, 3.63) is 52.9 Å². The Bertz CT molecular complexity index is 463. The number of thioether (sulfide) groups is 1. The van der Waals surface area contributed by atoms with Crippen molar-refractivity contribution in [2.24, 2.45) is 5.73 Å². The second-order valence-electron chi connectivity index (χ2n) is 4.24. The number of nitrogens with two attached hydrogens (primary N) is 1. The number of hydrogen-bond acceptors (Lipinski definition) is 3. The molecule has 0 amide bonds. The van der Waals surface area contributed by atoms with Gasteiger partial charge in [-0.25, -0.2) is 0 Å². The predicted octanol–water partition coefficient (Wildman–Crippen LogP) is 4.24. The Kier molecular flexibility index (Phi) is 4.26. The van der Waals surface area contributed by atoms with E-state index < -0.39 is 0 Å². The summed E-state index contributed by atoms with van der Waals surface area (Å²) in [6.45, 7) is 4.20. The minimum absolute atomic E-state index is 0.142. The van der Waals surface area contributed by atoms with Crippen molar-refractivity contribution in [3.63, 3.8) is 0 Å². The zero-order chi connectivity index (χ0) is 12.3. The van der Waals surface area contributed by atoms with Crippen LogP contribution in [0.25, 0.3) is 0 Å². The van der Waals surface area contributed by atoms with Crippen molar-refractivity contribution in [2.45, 2.75) is 29.3 Å². The summed E-state index contributed by atoms with van der Waals surface area (Å²) in [5.74, 6) is 0. The highest BCUT2D eigenvalue weighted by Gasteiger charge is 2.18. The molecule has 2 aromatic rings. The fourth-order valence-electron chi connectivity index (χ4n) is 1.78. The molecule has 0 saturated heterocycles. The summed E-state index contributed by atoms with van der Waals surface area (Å²) < 4.78 is 1.33. The fourth-order valence-corrected chi connectivity index (χ4v) is 3.83. The van der Waals surface area contributed by atoms with Crippen LogP contribution in [0.15, 0.2) is 46.0 Å². The summed E-state index contributed by atoms with van der Waals surface area (Å²) in [5, 5.41) is 2.44. The van der Waals surface area contributed by atoms with Crippen LogP contribution in [0.1, 0.15) is 23.3 Å². The molecule has 0 aliphatic carbocycles. The van der Waals surface area contributed by atoms with Gasteiger partial charge in [0.15, 0.2) is 0 Å². The van der Waals surface area contributed by atoms with E-state index in [1.165, 1.54) is 15.3 Å². The third-order valence-corrected chi connectivity index (χ3v) is 5.15. The summed E-state index contributed by atoms with van der Waals surface area (Å²) in [5.41, 5.74) is 8.73. The van der Waals surface area contributed by atoms with Gasteiger partial charge in [0, 0.05) is 6.04 Å². The van der Waals surface area contributed by atoms with Crippen LogP contribution in [-0.2, 0) is 0 Å². The molecule has 0 radical (unpaired) electrons. The minimum atomic E-state index is 0.142.